The van der Waals surface area contributed by atoms with Gasteiger partial charge in [-0.05, 0) is 50.2 Å². The van der Waals surface area contributed by atoms with Crippen LogP contribution >= 0.6 is 0 Å². The summed E-state index contributed by atoms with van der Waals surface area (Å²) in [5.74, 6) is 0.206. The number of nitrogens with zero attached hydrogens (tertiary/aromatic N) is 1. The second-order valence-electron chi connectivity index (χ2n) is 4.68. The molecule has 0 saturated carbocycles. The average molecular weight is 247 g/mol. The maximum atomic E-state index is 11.6. The summed E-state index contributed by atoms with van der Waals surface area (Å²) in [5.41, 5.74) is 3.45. The molecular weight excluding hydrogens is 226 g/mol. The number of carbonyl (C=O) groups is 1. The first-order valence-electron chi connectivity index (χ1n) is 6.50. The Hall–Kier alpha value is -1.55. The maximum absolute atomic E-state index is 11.6. The van der Waals surface area contributed by atoms with Gasteiger partial charge in [0, 0.05) is 31.4 Å². The van der Waals surface area contributed by atoms with Crippen molar-refractivity contribution in [1.29, 1.82) is 0 Å². The van der Waals surface area contributed by atoms with Gasteiger partial charge in [0.15, 0.2) is 0 Å². The Morgan fingerprint density at radius 1 is 1.28 bits per heavy atom. The van der Waals surface area contributed by atoms with E-state index in [2.05, 4.69) is 16.7 Å². The number of nitrogens with one attached hydrogen (secondary N) is 2. The van der Waals surface area contributed by atoms with E-state index in [9.17, 15) is 4.79 Å². The van der Waals surface area contributed by atoms with Gasteiger partial charge in [0.1, 0.15) is 0 Å². The zero-order chi connectivity index (χ0) is 13.0. The summed E-state index contributed by atoms with van der Waals surface area (Å²) in [6, 6.07) is 6.25. The van der Waals surface area contributed by atoms with Crippen molar-refractivity contribution in [3.63, 3.8) is 0 Å². The van der Waals surface area contributed by atoms with Crippen LogP contribution < -0.4 is 15.5 Å². The van der Waals surface area contributed by atoms with E-state index in [0.717, 1.165) is 37.3 Å². The Bertz CT molecular complexity index is 431. The minimum Gasteiger partial charge on any atom is -0.385 e. The monoisotopic (exact) mass is 247 g/mol. The molecule has 2 N–H and O–H groups in total. The second-order valence-corrected chi connectivity index (χ2v) is 4.68. The lowest BCUT2D eigenvalue weighted by Gasteiger charge is -2.26. The lowest BCUT2D eigenvalue weighted by molar-refractivity contribution is -0.118. The van der Waals surface area contributed by atoms with Crippen LogP contribution in [0.3, 0.4) is 0 Å². The fourth-order valence-electron chi connectivity index (χ4n) is 2.26. The Morgan fingerprint density at radius 3 is 2.89 bits per heavy atom. The third kappa shape index (κ3) is 2.82. The Labute approximate surface area is 108 Å². The minimum absolute atomic E-state index is 0.206. The molecule has 4 heteroatoms. The molecule has 0 spiro atoms. The molecule has 1 aromatic rings. The van der Waals surface area contributed by atoms with Crippen LogP contribution in [-0.4, -0.2) is 33.1 Å². The normalized spacial score (nSPS) is 14.6. The summed E-state index contributed by atoms with van der Waals surface area (Å²) in [5, 5.41) is 6.54. The van der Waals surface area contributed by atoms with E-state index in [-0.39, 0.29) is 5.91 Å². The van der Waals surface area contributed by atoms with E-state index in [4.69, 9.17) is 0 Å². The SMILES string of the molecule is CNCCCNc1ccc2c(c1)CCC(=O)N2C. The molecule has 0 unspecified atom stereocenters. The van der Waals surface area contributed by atoms with E-state index < -0.39 is 0 Å². The Kier molecular flexibility index (Phi) is 4.20. The predicted octanol–water partition coefficient (Wildman–Crippen LogP) is 1.62. The van der Waals surface area contributed by atoms with Crippen molar-refractivity contribution in [2.75, 3.05) is 37.4 Å². The Balaban J connectivity index is 2.01. The van der Waals surface area contributed by atoms with Gasteiger partial charge >= 0.3 is 0 Å². The lowest BCUT2D eigenvalue weighted by atomic mass is 10.0. The maximum Gasteiger partial charge on any atom is 0.227 e. The number of anilines is 2. The van der Waals surface area contributed by atoms with E-state index in [0.29, 0.717) is 6.42 Å². The minimum atomic E-state index is 0.206. The van der Waals surface area contributed by atoms with E-state index in [1.165, 1.54) is 5.56 Å². The summed E-state index contributed by atoms with van der Waals surface area (Å²) < 4.78 is 0. The highest BCUT2D eigenvalue weighted by Gasteiger charge is 2.20. The van der Waals surface area contributed by atoms with Crippen molar-refractivity contribution >= 4 is 17.3 Å². The van der Waals surface area contributed by atoms with Crippen LogP contribution in [0.4, 0.5) is 11.4 Å². The van der Waals surface area contributed by atoms with Crippen LogP contribution in [0, 0.1) is 0 Å². The third-order valence-electron chi connectivity index (χ3n) is 3.36. The van der Waals surface area contributed by atoms with Gasteiger partial charge in [0.2, 0.25) is 5.91 Å². The van der Waals surface area contributed by atoms with Gasteiger partial charge in [0.05, 0.1) is 0 Å². The molecule has 0 aliphatic carbocycles. The van der Waals surface area contributed by atoms with Crippen LogP contribution in [0.2, 0.25) is 0 Å². The van der Waals surface area contributed by atoms with Crippen molar-refractivity contribution < 1.29 is 4.79 Å². The topological polar surface area (TPSA) is 44.4 Å². The van der Waals surface area contributed by atoms with Gasteiger partial charge in [0.25, 0.3) is 0 Å². The number of aryl methyl sites for hydroxylation is 1. The summed E-state index contributed by atoms with van der Waals surface area (Å²) in [6.45, 7) is 1.99. The van der Waals surface area contributed by atoms with Crippen LogP contribution in [0.15, 0.2) is 18.2 Å². The largest absolute Gasteiger partial charge is 0.385 e. The zero-order valence-corrected chi connectivity index (χ0v) is 11.1. The number of amides is 1. The number of hydrogen-bond acceptors (Lipinski definition) is 3. The summed E-state index contributed by atoms with van der Waals surface area (Å²) in [4.78, 5) is 13.3. The fraction of sp³-hybridized carbons (Fsp3) is 0.500. The molecule has 1 aliphatic rings. The molecule has 1 aromatic carbocycles. The molecule has 1 aliphatic heterocycles. The standard InChI is InChI=1S/C14H21N3O/c1-15-8-3-9-16-12-5-6-13-11(10-12)4-7-14(18)17(13)2/h5-6,10,15-16H,3-4,7-9H2,1-2H3. The third-order valence-corrected chi connectivity index (χ3v) is 3.36. The fourth-order valence-corrected chi connectivity index (χ4v) is 2.26. The Morgan fingerprint density at radius 2 is 2.11 bits per heavy atom. The van der Waals surface area contributed by atoms with Crippen LogP contribution in [0.5, 0.6) is 0 Å². The highest BCUT2D eigenvalue weighted by molar-refractivity contribution is 5.96. The van der Waals surface area contributed by atoms with Gasteiger partial charge in [-0.1, -0.05) is 0 Å². The van der Waals surface area contributed by atoms with Gasteiger partial charge in [-0.3, -0.25) is 4.79 Å². The van der Waals surface area contributed by atoms with Crippen molar-refractivity contribution in [3.8, 4) is 0 Å². The highest BCUT2D eigenvalue weighted by Crippen LogP contribution is 2.29. The van der Waals surface area contributed by atoms with Crippen molar-refractivity contribution in [2.24, 2.45) is 0 Å². The molecule has 0 bridgehead atoms. The van der Waals surface area contributed by atoms with Crippen molar-refractivity contribution in [3.05, 3.63) is 23.8 Å². The van der Waals surface area contributed by atoms with E-state index in [1.54, 1.807) is 4.90 Å². The summed E-state index contributed by atoms with van der Waals surface area (Å²) in [7, 11) is 3.81. The molecular formula is C14H21N3O. The first-order chi connectivity index (χ1) is 8.72. The lowest BCUT2D eigenvalue weighted by Crippen LogP contribution is -2.31. The number of carbonyl (C=O) groups excluding carboxylic acids is 1. The molecule has 0 saturated heterocycles. The van der Waals surface area contributed by atoms with Gasteiger partial charge in [-0.15, -0.1) is 0 Å². The molecule has 1 amide bonds. The first kappa shape index (κ1) is 12.9. The molecule has 0 atom stereocenters. The quantitative estimate of drug-likeness (QED) is 0.777. The molecule has 0 fully saturated rings. The van der Waals surface area contributed by atoms with Crippen molar-refractivity contribution in [1.82, 2.24) is 5.32 Å². The molecule has 0 radical (unpaired) electrons. The number of fused-ring (bicyclic) bond motifs is 1. The molecule has 0 aromatic heterocycles. The molecule has 98 valence electrons. The molecule has 18 heavy (non-hydrogen) atoms. The molecule has 1 heterocycles. The van der Waals surface area contributed by atoms with Gasteiger partial charge < -0.3 is 15.5 Å². The number of benzene rings is 1. The predicted molar refractivity (Wildman–Crippen MR) is 75.2 cm³/mol. The highest BCUT2D eigenvalue weighted by atomic mass is 16.2. The smallest absolute Gasteiger partial charge is 0.227 e. The van der Waals surface area contributed by atoms with E-state index >= 15 is 0 Å². The van der Waals surface area contributed by atoms with Crippen LogP contribution in [0.1, 0.15) is 18.4 Å². The zero-order valence-electron chi connectivity index (χ0n) is 11.1. The summed E-state index contributed by atoms with van der Waals surface area (Å²) in [6.07, 6.45) is 2.57. The van der Waals surface area contributed by atoms with E-state index in [1.807, 2.05) is 26.2 Å². The van der Waals surface area contributed by atoms with Crippen LogP contribution in [-0.2, 0) is 11.2 Å². The van der Waals surface area contributed by atoms with Crippen molar-refractivity contribution in [2.45, 2.75) is 19.3 Å². The van der Waals surface area contributed by atoms with Crippen LogP contribution in [0.25, 0.3) is 0 Å². The number of rotatable bonds is 5. The average Bonchev–Trinajstić information content (AvgIpc) is 2.39. The first-order valence-corrected chi connectivity index (χ1v) is 6.50. The summed E-state index contributed by atoms with van der Waals surface area (Å²) >= 11 is 0. The van der Waals surface area contributed by atoms with Gasteiger partial charge in [-0.2, -0.15) is 0 Å². The van der Waals surface area contributed by atoms with Gasteiger partial charge in [-0.25, -0.2) is 0 Å². The second kappa shape index (κ2) is 5.87. The molecule has 2 rings (SSSR count). The number of hydrogen-bond donors (Lipinski definition) is 2. The molecule has 4 nitrogen and oxygen atoms in total.